The van der Waals surface area contributed by atoms with Crippen LogP contribution in [0.15, 0.2) is 33.7 Å². The van der Waals surface area contributed by atoms with Gasteiger partial charge in [0.1, 0.15) is 11.3 Å². The molecule has 2 aromatic heterocycles. The average molecular weight is 438 g/mol. The highest BCUT2D eigenvalue weighted by Gasteiger charge is 2.34. The maximum absolute atomic E-state index is 12.9. The molecule has 0 bridgehead atoms. The van der Waals surface area contributed by atoms with E-state index in [0.29, 0.717) is 29.1 Å². The monoisotopic (exact) mass is 438 g/mol. The van der Waals surface area contributed by atoms with Gasteiger partial charge in [0, 0.05) is 31.2 Å². The van der Waals surface area contributed by atoms with E-state index in [1.807, 2.05) is 17.6 Å². The zero-order chi connectivity index (χ0) is 22.6. The van der Waals surface area contributed by atoms with Crippen molar-refractivity contribution in [3.63, 3.8) is 0 Å². The summed E-state index contributed by atoms with van der Waals surface area (Å²) in [5.41, 5.74) is 7.25. The van der Waals surface area contributed by atoms with Gasteiger partial charge in [-0.1, -0.05) is 0 Å². The summed E-state index contributed by atoms with van der Waals surface area (Å²) in [5, 5.41) is 9.87. The molecule has 168 valence electrons. The lowest BCUT2D eigenvalue weighted by atomic mass is 10.00. The number of rotatable bonds is 6. The fraction of sp³-hybridized carbons (Fsp3) is 0.435. The highest BCUT2D eigenvalue weighted by Crippen LogP contribution is 2.43. The molecule has 0 radical (unpaired) electrons. The Morgan fingerprint density at radius 2 is 2.12 bits per heavy atom. The third-order valence-electron chi connectivity index (χ3n) is 6.50. The molecule has 1 saturated heterocycles. The Morgan fingerprint density at radius 1 is 1.34 bits per heavy atom. The third-order valence-corrected chi connectivity index (χ3v) is 6.50. The first-order chi connectivity index (χ1) is 15.4. The first-order valence-electron chi connectivity index (χ1n) is 10.8. The van der Waals surface area contributed by atoms with Crippen molar-refractivity contribution in [3.05, 3.63) is 52.0 Å². The SMILES string of the molecule is COc1c(N2CCC(C(N)c3ncc(C)o3)C2)ccc2c(=O)c(C(=O)O)cn(C3CC3)c12. The number of carboxylic acids is 1. The summed E-state index contributed by atoms with van der Waals surface area (Å²) in [5.74, 6) is 0.814. The van der Waals surface area contributed by atoms with Crippen LogP contribution < -0.4 is 20.8 Å². The highest BCUT2D eigenvalue weighted by atomic mass is 16.5. The first-order valence-corrected chi connectivity index (χ1v) is 10.8. The molecule has 9 heteroatoms. The van der Waals surface area contributed by atoms with E-state index < -0.39 is 11.4 Å². The molecule has 1 aliphatic heterocycles. The number of methoxy groups -OCH3 is 1. The van der Waals surface area contributed by atoms with Crippen LogP contribution in [0.2, 0.25) is 0 Å². The van der Waals surface area contributed by atoms with Crippen LogP contribution in [-0.2, 0) is 0 Å². The first kappa shape index (κ1) is 20.6. The maximum Gasteiger partial charge on any atom is 0.341 e. The Hall–Kier alpha value is -3.33. The van der Waals surface area contributed by atoms with Crippen LogP contribution in [-0.4, -0.2) is 40.8 Å². The second-order valence-electron chi connectivity index (χ2n) is 8.66. The molecule has 2 aliphatic rings. The summed E-state index contributed by atoms with van der Waals surface area (Å²) in [6.07, 6.45) is 5.90. The van der Waals surface area contributed by atoms with Gasteiger partial charge in [0.05, 0.1) is 35.9 Å². The van der Waals surface area contributed by atoms with Crippen LogP contribution in [0.3, 0.4) is 0 Å². The van der Waals surface area contributed by atoms with Crippen molar-refractivity contribution in [2.45, 2.75) is 38.3 Å². The maximum atomic E-state index is 12.9. The lowest BCUT2D eigenvalue weighted by Crippen LogP contribution is -2.27. The molecule has 3 aromatic rings. The van der Waals surface area contributed by atoms with E-state index in [1.165, 1.54) is 6.20 Å². The number of oxazole rings is 1. The van der Waals surface area contributed by atoms with Gasteiger partial charge >= 0.3 is 5.97 Å². The van der Waals surface area contributed by atoms with E-state index in [9.17, 15) is 14.7 Å². The van der Waals surface area contributed by atoms with E-state index in [2.05, 4.69) is 9.88 Å². The number of anilines is 1. The number of hydrogen-bond acceptors (Lipinski definition) is 7. The standard InChI is InChI=1S/C23H26N4O5/c1-12-9-25-22(32-12)18(24)13-7-8-26(10-13)17-6-5-15-19(21(17)31-2)27(14-3-4-14)11-16(20(15)28)23(29)30/h5-6,9,11,13-14,18H,3-4,7-8,10,24H2,1-2H3,(H,29,30). The summed E-state index contributed by atoms with van der Waals surface area (Å²) >= 11 is 0. The smallest absolute Gasteiger partial charge is 0.341 e. The number of ether oxygens (including phenoxy) is 1. The summed E-state index contributed by atoms with van der Waals surface area (Å²) in [7, 11) is 1.58. The van der Waals surface area contributed by atoms with Crippen LogP contribution >= 0.6 is 0 Å². The number of pyridine rings is 1. The van der Waals surface area contributed by atoms with Crippen molar-refractivity contribution in [1.82, 2.24) is 9.55 Å². The predicted octanol–water partition coefficient (Wildman–Crippen LogP) is 2.87. The molecular weight excluding hydrogens is 412 g/mol. The molecule has 1 aliphatic carbocycles. The third kappa shape index (κ3) is 3.33. The summed E-state index contributed by atoms with van der Waals surface area (Å²) < 4.78 is 13.3. The van der Waals surface area contributed by atoms with Crippen LogP contribution in [0.4, 0.5) is 5.69 Å². The van der Waals surface area contributed by atoms with Gasteiger partial charge < -0.3 is 29.5 Å². The minimum atomic E-state index is -1.22. The summed E-state index contributed by atoms with van der Waals surface area (Å²) in [4.78, 5) is 31.0. The number of nitrogens with two attached hydrogens (primary N) is 1. The zero-order valence-electron chi connectivity index (χ0n) is 18.1. The Kier molecular flexibility index (Phi) is 4.93. The molecule has 1 saturated carbocycles. The quantitative estimate of drug-likeness (QED) is 0.602. The Labute approximate surface area is 184 Å². The van der Waals surface area contributed by atoms with Crippen molar-refractivity contribution < 1.29 is 19.1 Å². The van der Waals surface area contributed by atoms with Crippen LogP contribution in [0.1, 0.15) is 53.4 Å². The molecule has 32 heavy (non-hydrogen) atoms. The lowest BCUT2D eigenvalue weighted by molar-refractivity contribution is 0.0695. The Balaban J connectivity index is 1.55. The van der Waals surface area contributed by atoms with Crippen molar-refractivity contribution >= 4 is 22.6 Å². The number of carbonyl (C=O) groups is 1. The van der Waals surface area contributed by atoms with E-state index in [0.717, 1.165) is 37.3 Å². The number of aromatic nitrogens is 2. The second-order valence-corrected chi connectivity index (χ2v) is 8.66. The summed E-state index contributed by atoms with van der Waals surface area (Å²) in [6.45, 7) is 3.32. The lowest BCUT2D eigenvalue weighted by Gasteiger charge is -2.24. The van der Waals surface area contributed by atoms with Crippen molar-refractivity contribution in [2.75, 3.05) is 25.1 Å². The number of carboxylic acid groups (broad SMARTS) is 1. The molecule has 0 spiro atoms. The number of aromatic carboxylic acids is 1. The Bertz CT molecular complexity index is 1260. The molecule has 2 fully saturated rings. The molecule has 9 nitrogen and oxygen atoms in total. The molecule has 3 heterocycles. The molecule has 2 atom stereocenters. The topological polar surface area (TPSA) is 124 Å². The normalized spacial score (nSPS) is 19.5. The molecular formula is C23H26N4O5. The minimum absolute atomic E-state index is 0.161. The zero-order valence-corrected chi connectivity index (χ0v) is 18.1. The predicted molar refractivity (Wildman–Crippen MR) is 118 cm³/mol. The fourth-order valence-electron chi connectivity index (χ4n) is 4.68. The van der Waals surface area contributed by atoms with Gasteiger partial charge in [-0.2, -0.15) is 0 Å². The number of hydrogen-bond donors (Lipinski definition) is 2. The number of aryl methyl sites for hydroxylation is 1. The van der Waals surface area contributed by atoms with Gasteiger partial charge in [0.15, 0.2) is 5.75 Å². The van der Waals surface area contributed by atoms with Crippen LogP contribution in [0.25, 0.3) is 10.9 Å². The minimum Gasteiger partial charge on any atom is -0.492 e. The number of fused-ring (bicyclic) bond motifs is 1. The van der Waals surface area contributed by atoms with Gasteiger partial charge in [-0.05, 0) is 38.3 Å². The molecule has 2 unspecified atom stereocenters. The molecule has 5 rings (SSSR count). The van der Waals surface area contributed by atoms with Gasteiger partial charge in [0.2, 0.25) is 11.3 Å². The molecule has 3 N–H and O–H groups in total. The van der Waals surface area contributed by atoms with Gasteiger partial charge in [-0.15, -0.1) is 0 Å². The van der Waals surface area contributed by atoms with Crippen molar-refractivity contribution in [3.8, 4) is 5.75 Å². The van der Waals surface area contributed by atoms with Crippen LogP contribution in [0.5, 0.6) is 5.75 Å². The van der Waals surface area contributed by atoms with E-state index >= 15 is 0 Å². The van der Waals surface area contributed by atoms with E-state index in [4.69, 9.17) is 14.9 Å². The summed E-state index contributed by atoms with van der Waals surface area (Å²) in [6, 6.07) is 3.43. The van der Waals surface area contributed by atoms with Crippen LogP contribution in [0, 0.1) is 12.8 Å². The van der Waals surface area contributed by atoms with E-state index in [-0.39, 0.29) is 23.6 Å². The largest absolute Gasteiger partial charge is 0.492 e. The average Bonchev–Trinajstić information content (AvgIpc) is 3.34. The highest BCUT2D eigenvalue weighted by molar-refractivity contribution is 5.97. The van der Waals surface area contributed by atoms with E-state index in [1.54, 1.807) is 19.4 Å². The van der Waals surface area contributed by atoms with Gasteiger partial charge in [-0.25, -0.2) is 9.78 Å². The molecule has 1 aromatic carbocycles. The van der Waals surface area contributed by atoms with Gasteiger partial charge in [0.25, 0.3) is 0 Å². The van der Waals surface area contributed by atoms with Gasteiger partial charge in [-0.3, -0.25) is 4.79 Å². The van der Waals surface area contributed by atoms with Crippen molar-refractivity contribution in [1.29, 1.82) is 0 Å². The number of benzene rings is 1. The second kappa shape index (κ2) is 7.67. The fourth-order valence-corrected chi connectivity index (χ4v) is 4.68. The number of nitrogens with zero attached hydrogens (tertiary/aromatic N) is 3. The Morgan fingerprint density at radius 3 is 2.75 bits per heavy atom. The molecule has 0 amide bonds. The van der Waals surface area contributed by atoms with Crippen molar-refractivity contribution in [2.24, 2.45) is 11.7 Å².